The van der Waals surface area contributed by atoms with Crippen molar-refractivity contribution in [1.82, 2.24) is 14.9 Å². The van der Waals surface area contributed by atoms with Crippen molar-refractivity contribution in [2.75, 3.05) is 39.2 Å². The van der Waals surface area contributed by atoms with E-state index < -0.39 is 0 Å². The number of aryl methyl sites for hydroxylation is 1. The minimum atomic E-state index is -0.274. The third-order valence-electron chi connectivity index (χ3n) is 6.18. The smallest absolute Gasteiger partial charge is 0.257 e. The summed E-state index contributed by atoms with van der Waals surface area (Å²) in [6.45, 7) is 3.20. The standard InChI is InChI=1S/C26H29FN4O2/c1-17-6-5-7-21(24(17)33-4)25(32)31-14-12-19(13-15-31)23-22(16-28-26(29-23)30(2)3)18-8-10-20(27)11-9-18/h5-11,16,19H,12-15H2,1-4H3. The lowest BCUT2D eigenvalue weighted by molar-refractivity contribution is 0.0708. The van der Waals surface area contributed by atoms with Crippen LogP contribution < -0.4 is 9.64 Å². The van der Waals surface area contributed by atoms with Gasteiger partial charge < -0.3 is 14.5 Å². The summed E-state index contributed by atoms with van der Waals surface area (Å²) >= 11 is 0. The van der Waals surface area contributed by atoms with Crippen LogP contribution in [0, 0.1) is 12.7 Å². The van der Waals surface area contributed by atoms with Crippen LogP contribution in [0.4, 0.5) is 10.3 Å². The maximum Gasteiger partial charge on any atom is 0.257 e. The monoisotopic (exact) mass is 448 g/mol. The highest BCUT2D eigenvalue weighted by Gasteiger charge is 2.29. The molecule has 0 radical (unpaired) electrons. The molecular weight excluding hydrogens is 419 g/mol. The Morgan fingerprint density at radius 1 is 1.12 bits per heavy atom. The van der Waals surface area contributed by atoms with Crippen molar-refractivity contribution in [1.29, 1.82) is 0 Å². The molecule has 0 N–H and O–H groups in total. The van der Waals surface area contributed by atoms with Crippen molar-refractivity contribution in [3.8, 4) is 16.9 Å². The number of halogens is 1. The number of carbonyl (C=O) groups is 1. The molecule has 6 nitrogen and oxygen atoms in total. The van der Waals surface area contributed by atoms with E-state index >= 15 is 0 Å². The Balaban J connectivity index is 1.58. The fraction of sp³-hybridized carbons (Fsp3) is 0.346. The number of hydrogen-bond acceptors (Lipinski definition) is 5. The van der Waals surface area contributed by atoms with Gasteiger partial charge in [0.15, 0.2) is 0 Å². The lowest BCUT2D eigenvalue weighted by atomic mass is 9.88. The second-order valence-corrected chi connectivity index (χ2v) is 8.59. The minimum absolute atomic E-state index is 0.00979. The average Bonchev–Trinajstić information content (AvgIpc) is 2.83. The molecule has 0 saturated carbocycles. The summed E-state index contributed by atoms with van der Waals surface area (Å²) in [4.78, 5) is 26.3. The number of piperidine rings is 1. The Bertz CT molecular complexity index is 1140. The molecule has 172 valence electrons. The van der Waals surface area contributed by atoms with Crippen LogP contribution in [0.2, 0.25) is 0 Å². The number of benzene rings is 2. The second-order valence-electron chi connectivity index (χ2n) is 8.59. The molecule has 2 aromatic carbocycles. The molecule has 1 aromatic heterocycles. The SMILES string of the molecule is COc1c(C)cccc1C(=O)N1CCC(c2nc(N(C)C)ncc2-c2ccc(F)cc2)CC1. The molecule has 7 heteroatoms. The summed E-state index contributed by atoms with van der Waals surface area (Å²) in [5.74, 6) is 1.16. The van der Waals surface area contributed by atoms with Gasteiger partial charge in [-0.05, 0) is 49.1 Å². The third kappa shape index (κ3) is 4.67. The van der Waals surface area contributed by atoms with Gasteiger partial charge in [0.2, 0.25) is 5.95 Å². The van der Waals surface area contributed by atoms with Crippen molar-refractivity contribution in [3.63, 3.8) is 0 Å². The molecule has 0 atom stereocenters. The first-order valence-electron chi connectivity index (χ1n) is 11.1. The highest BCUT2D eigenvalue weighted by atomic mass is 19.1. The van der Waals surface area contributed by atoms with E-state index in [1.807, 2.05) is 55.2 Å². The molecule has 33 heavy (non-hydrogen) atoms. The van der Waals surface area contributed by atoms with Crippen LogP contribution in [0.3, 0.4) is 0 Å². The number of nitrogens with zero attached hydrogens (tertiary/aromatic N) is 4. The predicted octanol–water partition coefficient (Wildman–Crippen LogP) is 4.69. The van der Waals surface area contributed by atoms with Crippen molar-refractivity contribution >= 4 is 11.9 Å². The molecule has 1 aliphatic heterocycles. The van der Waals surface area contributed by atoms with E-state index in [1.54, 1.807) is 19.2 Å². The molecule has 0 bridgehead atoms. The van der Waals surface area contributed by atoms with Crippen LogP contribution in [-0.2, 0) is 0 Å². The maximum absolute atomic E-state index is 13.5. The van der Waals surface area contributed by atoms with Gasteiger partial charge in [0.05, 0.1) is 18.4 Å². The number of para-hydroxylation sites is 1. The predicted molar refractivity (Wildman–Crippen MR) is 127 cm³/mol. The fourth-order valence-corrected chi connectivity index (χ4v) is 4.38. The van der Waals surface area contributed by atoms with Crippen LogP contribution in [0.1, 0.15) is 40.4 Å². The summed E-state index contributed by atoms with van der Waals surface area (Å²) in [5.41, 5.74) is 4.28. The number of rotatable bonds is 5. The Morgan fingerprint density at radius 3 is 2.45 bits per heavy atom. The van der Waals surface area contributed by atoms with Gasteiger partial charge in [-0.2, -0.15) is 0 Å². The lowest BCUT2D eigenvalue weighted by Crippen LogP contribution is -2.38. The van der Waals surface area contributed by atoms with Crippen LogP contribution >= 0.6 is 0 Å². The minimum Gasteiger partial charge on any atom is -0.496 e. The molecule has 1 aliphatic rings. The summed E-state index contributed by atoms with van der Waals surface area (Å²) in [6, 6.07) is 12.1. The number of likely N-dealkylation sites (tertiary alicyclic amines) is 1. The van der Waals surface area contributed by atoms with Crippen molar-refractivity contribution in [2.45, 2.75) is 25.7 Å². The van der Waals surface area contributed by atoms with Gasteiger partial charge >= 0.3 is 0 Å². The van der Waals surface area contributed by atoms with Gasteiger partial charge in [-0.1, -0.05) is 24.3 Å². The number of methoxy groups -OCH3 is 1. The molecule has 0 aliphatic carbocycles. The number of aromatic nitrogens is 2. The molecule has 0 unspecified atom stereocenters. The zero-order valence-corrected chi connectivity index (χ0v) is 19.5. The fourth-order valence-electron chi connectivity index (χ4n) is 4.38. The van der Waals surface area contributed by atoms with Crippen LogP contribution in [0.5, 0.6) is 5.75 Å². The van der Waals surface area contributed by atoms with Gasteiger partial charge in [-0.3, -0.25) is 4.79 Å². The number of anilines is 1. The van der Waals surface area contributed by atoms with Crippen molar-refractivity contribution in [3.05, 3.63) is 71.3 Å². The van der Waals surface area contributed by atoms with Gasteiger partial charge in [0.25, 0.3) is 5.91 Å². The number of ether oxygens (including phenoxy) is 1. The third-order valence-corrected chi connectivity index (χ3v) is 6.18. The lowest BCUT2D eigenvalue weighted by Gasteiger charge is -2.33. The van der Waals surface area contributed by atoms with E-state index in [-0.39, 0.29) is 17.6 Å². The zero-order valence-electron chi connectivity index (χ0n) is 19.5. The number of amides is 1. The average molecular weight is 449 g/mol. The summed E-state index contributed by atoms with van der Waals surface area (Å²) in [6.07, 6.45) is 3.40. The van der Waals surface area contributed by atoms with Gasteiger partial charge in [0, 0.05) is 44.9 Å². The van der Waals surface area contributed by atoms with E-state index in [4.69, 9.17) is 9.72 Å². The highest BCUT2D eigenvalue weighted by Crippen LogP contribution is 2.35. The van der Waals surface area contributed by atoms with Crippen LogP contribution in [0.15, 0.2) is 48.7 Å². The first kappa shape index (κ1) is 22.7. The molecule has 1 saturated heterocycles. The topological polar surface area (TPSA) is 58.6 Å². The maximum atomic E-state index is 13.5. The largest absolute Gasteiger partial charge is 0.496 e. The number of carbonyl (C=O) groups excluding carboxylic acids is 1. The molecular formula is C26H29FN4O2. The van der Waals surface area contributed by atoms with Gasteiger partial charge in [-0.25, -0.2) is 14.4 Å². The molecule has 1 fully saturated rings. The molecule has 2 heterocycles. The van der Waals surface area contributed by atoms with E-state index in [2.05, 4.69) is 4.98 Å². The van der Waals surface area contributed by atoms with Gasteiger partial charge in [0.1, 0.15) is 11.6 Å². The second kappa shape index (κ2) is 9.57. The highest BCUT2D eigenvalue weighted by molar-refractivity contribution is 5.97. The Morgan fingerprint density at radius 2 is 1.82 bits per heavy atom. The first-order valence-corrected chi connectivity index (χ1v) is 11.1. The van der Waals surface area contributed by atoms with Crippen LogP contribution in [-0.4, -0.2) is 55.1 Å². The van der Waals surface area contributed by atoms with Crippen LogP contribution in [0.25, 0.3) is 11.1 Å². The van der Waals surface area contributed by atoms with Crippen molar-refractivity contribution in [2.24, 2.45) is 0 Å². The summed E-state index contributed by atoms with van der Waals surface area (Å²) < 4.78 is 19.0. The van der Waals surface area contributed by atoms with Crippen molar-refractivity contribution < 1.29 is 13.9 Å². The summed E-state index contributed by atoms with van der Waals surface area (Å²) in [5, 5.41) is 0. The van der Waals surface area contributed by atoms with E-state index in [0.29, 0.717) is 30.4 Å². The number of hydrogen-bond donors (Lipinski definition) is 0. The van der Waals surface area contributed by atoms with E-state index in [0.717, 1.165) is 35.2 Å². The molecule has 4 rings (SSSR count). The molecule has 3 aromatic rings. The quantitative estimate of drug-likeness (QED) is 0.567. The Hall–Kier alpha value is -3.48. The van der Waals surface area contributed by atoms with E-state index in [1.165, 1.54) is 12.1 Å². The molecule has 1 amide bonds. The molecule has 0 spiro atoms. The Kier molecular flexibility index (Phi) is 6.58. The normalized spacial score (nSPS) is 14.3. The zero-order chi connectivity index (χ0) is 23.5. The van der Waals surface area contributed by atoms with E-state index in [9.17, 15) is 9.18 Å². The Labute approximate surface area is 194 Å². The first-order chi connectivity index (χ1) is 15.9. The summed E-state index contributed by atoms with van der Waals surface area (Å²) in [7, 11) is 5.42. The van der Waals surface area contributed by atoms with Gasteiger partial charge in [-0.15, -0.1) is 0 Å².